The smallest absolute Gasteiger partial charge is 0.338 e. The molecule has 0 fully saturated rings. The zero-order valence-electron chi connectivity index (χ0n) is 15.0. The number of hydrogen-bond acceptors (Lipinski definition) is 5. The molecule has 0 saturated heterocycles. The first-order chi connectivity index (χ1) is 13.9. The van der Waals surface area contributed by atoms with E-state index in [1.165, 1.54) is 33.9 Å². The lowest BCUT2D eigenvalue weighted by molar-refractivity contribution is 0.0697. The topological polar surface area (TPSA) is 119 Å². The van der Waals surface area contributed by atoms with E-state index in [1.54, 1.807) is 6.07 Å². The van der Waals surface area contributed by atoms with Gasteiger partial charge in [-0.25, -0.2) is 18.9 Å². The van der Waals surface area contributed by atoms with E-state index in [0.29, 0.717) is 17.5 Å². The van der Waals surface area contributed by atoms with E-state index < -0.39 is 17.3 Å². The number of rotatable bonds is 5. The summed E-state index contributed by atoms with van der Waals surface area (Å²) in [7, 11) is 0. The van der Waals surface area contributed by atoms with Gasteiger partial charge in [-0.05, 0) is 24.1 Å². The highest BCUT2D eigenvalue weighted by atomic mass is 35.5. The first-order valence-corrected chi connectivity index (χ1v) is 8.97. The van der Waals surface area contributed by atoms with E-state index in [0.717, 1.165) is 6.20 Å². The van der Waals surface area contributed by atoms with Gasteiger partial charge in [0.1, 0.15) is 11.3 Å². The summed E-state index contributed by atoms with van der Waals surface area (Å²) in [5.74, 6) is -1.61. The summed E-state index contributed by atoms with van der Waals surface area (Å²) in [6.07, 6.45) is 4.40. The molecule has 0 radical (unpaired) electrons. The Kier molecular flexibility index (Phi) is 4.63. The number of carboxylic acids is 1. The van der Waals surface area contributed by atoms with Gasteiger partial charge in [-0.2, -0.15) is 10.2 Å². The molecule has 1 atom stereocenters. The van der Waals surface area contributed by atoms with E-state index in [2.05, 4.69) is 20.2 Å². The summed E-state index contributed by atoms with van der Waals surface area (Å²) in [4.78, 5) is 30.7. The fourth-order valence-corrected chi connectivity index (χ4v) is 3.31. The van der Waals surface area contributed by atoms with Gasteiger partial charge in [-0.15, -0.1) is 0 Å². The number of benzene rings is 1. The zero-order chi connectivity index (χ0) is 20.7. The van der Waals surface area contributed by atoms with Gasteiger partial charge in [0.2, 0.25) is 5.95 Å². The maximum Gasteiger partial charge on any atom is 0.338 e. The molecule has 0 spiro atoms. The van der Waals surface area contributed by atoms with Crippen molar-refractivity contribution in [2.45, 2.75) is 19.4 Å². The second-order valence-electron chi connectivity index (χ2n) is 6.29. The highest BCUT2D eigenvalue weighted by Gasteiger charge is 2.20. The molecule has 0 aliphatic carbocycles. The number of aromatic amines is 1. The number of carboxylic acid groups (broad SMARTS) is 1. The molecule has 0 amide bonds. The maximum absolute atomic E-state index is 13.5. The van der Waals surface area contributed by atoms with Crippen LogP contribution in [0.25, 0.3) is 17.0 Å². The van der Waals surface area contributed by atoms with Crippen LogP contribution in [0.4, 0.5) is 4.39 Å². The zero-order valence-corrected chi connectivity index (χ0v) is 15.8. The minimum Gasteiger partial charge on any atom is -0.478 e. The molecule has 11 heteroatoms. The molecule has 0 aliphatic rings. The summed E-state index contributed by atoms with van der Waals surface area (Å²) in [6.45, 7) is 1.91. The Hall–Kier alpha value is -3.53. The Labute approximate surface area is 167 Å². The first-order valence-electron chi connectivity index (χ1n) is 8.60. The van der Waals surface area contributed by atoms with Gasteiger partial charge >= 0.3 is 5.97 Å². The molecule has 4 aromatic rings. The Morgan fingerprint density at radius 2 is 2.14 bits per heavy atom. The van der Waals surface area contributed by atoms with Crippen LogP contribution in [0, 0.1) is 5.82 Å². The summed E-state index contributed by atoms with van der Waals surface area (Å²) < 4.78 is 16.2. The second-order valence-corrected chi connectivity index (χ2v) is 6.70. The molecule has 0 saturated carbocycles. The number of hydrogen-bond donors (Lipinski definition) is 2. The lowest BCUT2D eigenvalue weighted by Crippen LogP contribution is -2.20. The predicted octanol–water partition coefficient (Wildman–Crippen LogP) is 2.80. The number of fused-ring (bicyclic) bond motifs is 1. The van der Waals surface area contributed by atoms with Gasteiger partial charge in [0, 0.05) is 6.20 Å². The van der Waals surface area contributed by atoms with Crippen molar-refractivity contribution in [3.8, 4) is 5.95 Å². The number of carbonyl (C=O) groups is 1. The number of H-pyrrole nitrogens is 1. The van der Waals surface area contributed by atoms with Crippen LogP contribution in [0.3, 0.4) is 0 Å². The Morgan fingerprint density at radius 3 is 2.79 bits per heavy atom. The van der Waals surface area contributed by atoms with Crippen molar-refractivity contribution < 1.29 is 14.3 Å². The molecular weight excluding hydrogens is 403 g/mol. The molecule has 0 aliphatic heterocycles. The number of aromatic carboxylic acids is 1. The molecule has 148 valence electrons. The molecule has 1 aromatic carbocycles. The summed E-state index contributed by atoms with van der Waals surface area (Å²) in [5, 5.41) is 17.2. The maximum atomic E-state index is 13.5. The average Bonchev–Trinajstić information content (AvgIpc) is 3.33. The minimum atomic E-state index is -1.14. The Bertz CT molecular complexity index is 1290. The number of nitrogens with one attached hydrogen (secondary N) is 1. The lowest BCUT2D eigenvalue weighted by atomic mass is 10.0. The van der Waals surface area contributed by atoms with Gasteiger partial charge in [0.05, 0.1) is 29.0 Å². The van der Waals surface area contributed by atoms with E-state index in [1.807, 2.05) is 6.92 Å². The number of aromatic nitrogens is 6. The third-order valence-corrected chi connectivity index (χ3v) is 4.79. The van der Waals surface area contributed by atoms with Crippen molar-refractivity contribution in [1.82, 2.24) is 29.5 Å². The van der Waals surface area contributed by atoms with Crippen LogP contribution in [-0.4, -0.2) is 40.6 Å². The molecule has 2 N–H and O–H groups in total. The van der Waals surface area contributed by atoms with E-state index in [9.17, 15) is 14.0 Å². The number of halogens is 2. The molecule has 3 aromatic heterocycles. The van der Waals surface area contributed by atoms with E-state index in [4.69, 9.17) is 16.7 Å². The molecule has 9 nitrogen and oxygen atoms in total. The van der Waals surface area contributed by atoms with Crippen molar-refractivity contribution in [2.75, 3.05) is 0 Å². The van der Waals surface area contributed by atoms with Gasteiger partial charge < -0.3 is 5.11 Å². The Morgan fingerprint density at radius 1 is 1.34 bits per heavy atom. The van der Waals surface area contributed by atoms with Crippen LogP contribution >= 0.6 is 11.6 Å². The van der Waals surface area contributed by atoms with Crippen LogP contribution in [0.1, 0.15) is 35.3 Å². The van der Waals surface area contributed by atoms with Gasteiger partial charge in [0.25, 0.3) is 5.56 Å². The lowest BCUT2D eigenvalue weighted by Gasteiger charge is -2.17. The van der Waals surface area contributed by atoms with Crippen LogP contribution in [-0.2, 0) is 0 Å². The fourth-order valence-electron chi connectivity index (χ4n) is 3.12. The van der Waals surface area contributed by atoms with Crippen molar-refractivity contribution >= 4 is 28.6 Å². The molecule has 4 rings (SSSR count). The van der Waals surface area contributed by atoms with Gasteiger partial charge in [-0.1, -0.05) is 24.6 Å². The average molecular weight is 417 g/mol. The second kappa shape index (κ2) is 7.13. The van der Waals surface area contributed by atoms with Crippen LogP contribution < -0.4 is 5.56 Å². The molecule has 0 bridgehead atoms. The van der Waals surface area contributed by atoms with Gasteiger partial charge in [0.15, 0.2) is 5.52 Å². The first kappa shape index (κ1) is 18.8. The normalized spacial score (nSPS) is 12.4. The molecule has 29 heavy (non-hydrogen) atoms. The SMILES string of the molecule is CCC(c1ccc(F)c(Cl)c1)n1ncc2nc(-n3cc(C(=O)O)cn3)[nH]c(=O)c21. The number of nitrogens with zero attached hydrogens (tertiary/aromatic N) is 5. The Balaban J connectivity index is 1.81. The highest BCUT2D eigenvalue weighted by molar-refractivity contribution is 6.30. The molecular formula is C18H14ClFN6O3. The van der Waals surface area contributed by atoms with E-state index >= 15 is 0 Å². The van der Waals surface area contributed by atoms with Crippen LogP contribution in [0.2, 0.25) is 5.02 Å². The van der Waals surface area contributed by atoms with Crippen molar-refractivity contribution in [3.05, 3.63) is 69.1 Å². The largest absolute Gasteiger partial charge is 0.478 e. The summed E-state index contributed by atoms with van der Waals surface area (Å²) in [5.41, 5.74) is 0.726. The fraction of sp³-hybridized carbons (Fsp3) is 0.167. The van der Waals surface area contributed by atoms with Crippen molar-refractivity contribution in [1.29, 1.82) is 0 Å². The minimum absolute atomic E-state index is 0.0142. The van der Waals surface area contributed by atoms with Crippen molar-refractivity contribution in [2.24, 2.45) is 0 Å². The molecule has 3 heterocycles. The van der Waals surface area contributed by atoms with Gasteiger partial charge in [-0.3, -0.25) is 14.5 Å². The molecule has 1 unspecified atom stereocenters. The third kappa shape index (κ3) is 3.27. The standard InChI is InChI=1S/C18H14ClFN6O3/c1-2-14(9-3-4-12(20)11(19)5-9)26-15-13(7-22-26)23-18(24-16(15)27)25-8-10(6-21-25)17(28)29/h3-8,14H,2H2,1H3,(H,28,29)(H,23,24,27). The summed E-state index contributed by atoms with van der Waals surface area (Å²) >= 11 is 5.90. The third-order valence-electron chi connectivity index (χ3n) is 4.50. The quantitative estimate of drug-likeness (QED) is 0.516. The summed E-state index contributed by atoms with van der Waals surface area (Å²) in [6, 6.07) is 4.01. The predicted molar refractivity (Wildman–Crippen MR) is 102 cm³/mol. The van der Waals surface area contributed by atoms with Crippen LogP contribution in [0.15, 0.2) is 41.6 Å². The van der Waals surface area contributed by atoms with Crippen molar-refractivity contribution in [3.63, 3.8) is 0 Å². The van der Waals surface area contributed by atoms with E-state index in [-0.39, 0.29) is 28.1 Å². The van der Waals surface area contributed by atoms with Crippen LogP contribution in [0.5, 0.6) is 0 Å². The highest BCUT2D eigenvalue weighted by Crippen LogP contribution is 2.27. The monoisotopic (exact) mass is 416 g/mol.